The number of piperidine rings is 1. The van der Waals surface area contributed by atoms with Crippen LogP contribution in [0.15, 0.2) is 103 Å². The molecule has 1 aromatic heterocycles. The molecule has 2 amide bonds. The Morgan fingerprint density at radius 1 is 0.690 bits per heavy atom. The van der Waals surface area contributed by atoms with Crippen LogP contribution in [0.25, 0.3) is 10.9 Å². The number of nitrogens with one attached hydrogen (secondary N) is 3. The number of fused-ring (bicyclic) bond motifs is 1. The van der Waals surface area contributed by atoms with E-state index in [2.05, 4.69) is 20.5 Å². The number of ketones is 1. The Labute approximate surface area is 243 Å². The standard InChI is InChI=1S/C34H30N4O4/c39-28-17-19-38(20-18-28)27-15-9-24(10-16-27)33(41)36-25-11-5-22(6-12-25)32(40)23-7-13-26(14-8-23)37-34(42)30-21-35-31-4-2-1-3-29(30)31/h1-16,21,28,35,39H,17-20H2,(H,36,41)(H,37,42). The highest BCUT2D eigenvalue weighted by Gasteiger charge is 2.18. The largest absolute Gasteiger partial charge is 0.393 e. The third-order valence-corrected chi connectivity index (χ3v) is 7.60. The van der Waals surface area contributed by atoms with Crippen molar-refractivity contribution in [1.29, 1.82) is 0 Å². The van der Waals surface area contributed by atoms with Crippen LogP contribution in [0.3, 0.4) is 0 Å². The predicted molar refractivity (Wildman–Crippen MR) is 164 cm³/mol. The summed E-state index contributed by atoms with van der Waals surface area (Å²) in [6, 6.07) is 28.6. The van der Waals surface area contributed by atoms with E-state index < -0.39 is 0 Å². The monoisotopic (exact) mass is 558 g/mol. The van der Waals surface area contributed by atoms with Gasteiger partial charge in [0.25, 0.3) is 11.8 Å². The number of rotatable bonds is 7. The number of aromatic amines is 1. The van der Waals surface area contributed by atoms with Gasteiger partial charge in [-0.05, 0) is 91.7 Å². The van der Waals surface area contributed by atoms with Gasteiger partial charge < -0.3 is 25.6 Å². The van der Waals surface area contributed by atoms with Crippen LogP contribution in [0.1, 0.15) is 49.5 Å². The molecule has 6 rings (SSSR count). The normalized spacial score (nSPS) is 13.6. The van der Waals surface area contributed by atoms with Gasteiger partial charge in [0.1, 0.15) is 0 Å². The summed E-state index contributed by atoms with van der Waals surface area (Å²) in [5.74, 6) is -0.633. The van der Waals surface area contributed by atoms with Crippen molar-refractivity contribution in [3.05, 3.63) is 126 Å². The van der Waals surface area contributed by atoms with E-state index in [0.29, 0.717) is 33.6 Å². The topological polar surface area (TPSA) is 115 Å². The molecule has 210 valence electrons. The molecule has 1 saturated heterocycles. The fourth-order valence-electron chi connectivity index (χ4n) is 5.19. The van der Waals surface area contributed by atoms with E-state index in [1.807, 2.05) is 36.4 Å². The van der Waals surface area contributed by atoms with E-state index in [4.69, 9.17) is 0 Å². The number of nitrogens with zero attached hydrogens (tertiary/aromatic N) is 1. The van der Waals surface area contributed by atoms with Gasteiger partial charge in [-0.2, -0.15) is 0 Å². The van der Waals surface area contributed by atoms with Gasteiger partial charge in [-0.25, -0.2) is 0 Å². The molecule has 0 unspecified atom stereocenters. The predicted octanol–water partition coefficient (Wildman–Crippen LogP) is 5.86. The molecule has 8 nitrogen and oxygen atoms in total. The summed E-state index contributed by atoms with van der Waals surface area (Å²) in [6.45, 7) is 1.59. The molecule has 1 aliphatic rings. The highest BCUT2D eigenvalue weighted by Crippen LogP contribution is 2.23. The lowest BCUT2D eigenvalue weighted by Gasteiger charge is -2.31. The average Bonchev–Trinajstić information content (AvgIpc) is 3.46. The molecule has 0 radical (unpaired) electrons. The minimum atomic E-state index is -0.236. The minimum Gasteiger partial charge on any atom is -0.393 e. The molecule has 4 N–H and O–H groups in total. The number of benzene rings is 4. The van der Waals surface area contributed by atoms with Crippen LogP contribution in [0.2, 0.25) is 0 Å². The van der Waals surface area contributed by atoms with Gasteiger partial charge in [0.05, 0.1) is 11.7 Å². The van der Waals surface area contributed by atoms with Crippen molar-refractivity contribution < 1.29 is 19.5 Å². The number of aliphatic hydroxyl groups is 1. The summed E-state index contributed by atoms with van der Waals surface area (Å²) < 4.78 is 0. The number of carbonyl (C=O) groups is 3. The second kappa shape index (κ2) is 11.7. The lowest BCUT2D eigenvalue weighted by Crippen LogP contribution is -2.35. The third kappa shape index (κ3) is 5.80. The average molecular weight is 559 g/mol. The molecule has 0 atom stereocenters. The summed E-state index contributed by atoms with van der Waals surface area (Å²) in [7, 11) is 0. The maximum Gasteiger partial charge on any atom is 0.257 e. The summed E-state index contributed by atoms with van der Waals surface area (Å²) in [5.41, 5.74) is 5.15. The van der Waals surface area contributed by atoms with Gasteiger partial charge in [0, 0.05) is 63.9 Å². The van der Waals surface area contributed by atoms with Crippen molar-refractivity contribution in [2.75, 3.05) is 28.6 Å². The zero-order valence-corrected chi connectivity index (χ0v) is 22.8. The van der Waals surface area contributed by atoms with Crippen LogP contribution in [0.4, 0.5) is 17.1 Å². The Balaban J connectivity index is 1.05. The highest BCUT2D eigenvalue weighted by molar-refractivity contribution is 6.13. The Hall–Kier alpha value is -5.21. The number of H-pyrrole nitrogens is 1. The van der Waals surface area contributed by atoms with Gasteiger partial charge in [-0.1, -0.05) is 18.2 Å². The summed E-state index contributed by atoms with van der Waals surface area (Å²) in [6.07, 6.45) is 2.95. The van der Waals surface area contributed by atoms with E-state index >= 15 is 0 Å². The fourth-order valence-corrected chi connectivity index (χ4v) is 5.19. The first-order chi connectivity index (χ1) is 20.4. The number of amides is 2. The second-order valence-corrected chi connectivity index (χ2v) is 10.4. The minimum absolute atomic E-state index is 0.164. The van der Waals surface area contributed by atoms with Gasteiger partial charge in [0.15, 0.2) is 5.78 Å². The maximum absolute atomic E-state index is 13.1. The molecule has 0 saturated carbocycles. The fraction of sp³-hybridized carbons (Fsp3) is 0.147. The number of hydrogen-bond acceptors (Lipinski definition) is 5. The van der Waals surface area contributed by atoms with E-state index in [1.165, 1.54) is 0 Å². The lowest BCUT2D eigenvalue weighted by atomic mass is 10.0. The maximum atomic E-state index is 13.1. The Bertz CT molecular complexity index is 1730. The number of anilines is 3. The molecular weight excluding hydrogens is 528 g/mol. The van der Waals surface area contributed by atoms with Gasteiger partial charge in [-0.3, -0.25) is 14.4 Å². The van der Waals surface area contributed by atoms with Crippen LogP contribution in [0, 0.1) is 0 Å². The smallest absolute Gasteiger partial charge is 0.257 e. The Morgan fingerprint density at radius 3 is 1.86 bits per heavy atom. The van der Waals surface area contributed by atoms with Crippen molar-refractivity contribution in [2.24, 2.45) is 0 Å². The van der Waals surface area contributed by atoms with Crippen molar-refractivity contribution in [3.8, 4) is 0 Å². The van der Waals surface area contributed by atoms with E-state index in [9.17, 15) is 19.5 Å². The number of carbonyl (C=O) groups excluding carboxylic acids is 3. The van der Waals surface area contributed by atoms with Gasteiger partial charge >= 0.3 is 0 Å². The van der Waals surface area contributed by atoms with Crippen LogP contribution in [-0.2, 0) is 0 Å². The Kier molecular flexibility index (Phi) is 7.53. The molecule has 1 fully saturated rings. The molecule has 2 heterocycles. The van der Waals surface area contributed by atoms with E-state index in [1.54, 1.807) is 66.9 Å². The van der Waals surface area contributed by atoms with Crippen LogP contribution in [-0.4, -0.2) is 46.9 Å². The Morgan fingerprint density at radius 2 is 1.24 bits per heavy atom. The summed E-state index contributed by atoms with van der Waals surface area (Å²) in [5, 5.41) is 16.3. The molecule has 5 aromatic rings. The summed E-state index contributed by atoms with van der Waals surface area (Å²) in [4.78, 5) is 43.9. The van der Waals surface area contributed by atoms with Crippen molar-refractivity contribution in [2.45, 2.75) is 18.9 Å². The van der Waals surface area contributed by atoms with Crippen LogP contribution in [0.5, 0.6) is 0 Å². The molecule has 8 heteroatoms. The molecule has 1 aliphatic heterocycles. The highest BCUT2D eigenvalue weighted by atomic mass is 16.3. The number of para-hydroxylation sites is 1. The molecule has 4 aromatic carbocycles. The third-order valence-electron chi connectivity index (χ3n) is 7.60. The second-order valence-electron chi connectivity index (χ2n) is 10.4. The number of hydrogen-bond donors (Lipinski definition) is 4. The molecule has 0 spiro atoms. The quantitative estimate of drug-likeness (QED) is 0.187. The number of aliphatic hydroxyl groups excluding tert-OH is 1. The van der Waals surface area contributed by atoms with E-state index in [-0.39, 0.29) is 23.7 Å². The summed E-state index contributed by atoms with van der Waals surface area (Å²) >= 11 is 0. The van der Waals surface area contributed by atoms with Crippen molar-refractivity contribution in [1.82, 2.24) is 4.98 Å². The first kappa shape index (κ1) is 27.0. The molecule has 42 heavy (non-hydrogen) atoms. The number of aromatic nitrogens is 1. The van der Waals surface area contributed by atoms with Gasteiger partial charge in [0.2, 0.25) is 0 Å². The van der Waals surface area contributed by atoms with Crippen molar-refractivity contribution >= 4 is 45.6 Å². The first-order valence-electron chi connectivity index (χ1n) is 13.9. The molecular formula is C34H30N4O4. The van der Waals surface area contributed by atoms with Crippen LogP contribution < -0.4 is 15.5 Å². The van der Waals surface area contributed by atoms with Crippen molar-refractivity contribution in [3.63, 3.8) is 0 Å². The molecule has 0 aliphatic carbocycles. The first-order valence-corrected chi connectivity index (χ1v) is 13.9. The molecule has 0 bridgehead atoms. The SMILES string of the molecule is O=C(Nc1ccc(C(=O)c2ccc(NC(=O)c3c[nH]c4ccccc34)cc2)cc1)c1ccc(N2CCC(O)CC2)cc1. The zero-order chi connectivity index (χ0) is 29.1. The lowest BCUT2D eigenvalue weighted by molar-refractivity contribution is 0.101. The van der Waals surface area contributed by atoms with Gasteiger partial charge in [-0.15, -0.1) is 0 Å². The van der Waals surface area contributed by atoms with Crippen LogP contribution >= 0.6 is 0 Å². The zero-order valence-electron chi connectivity index (χ0n) is 22.8. The van der Waals surface area contributed by atoms with E-state index in [0.717, 1.165) is 42.5 Å².